The molecular weight excluding hydrogens is 494 g/mol. The molecule has 0 bridgehead atoms. The van der Waals surface area contributed by atoms with Crippen molar-refractivity contribution in [2.45, 2.75) is 26.2 Å². The summed E-state index contributed by atoms with van der Waals surface area (Å²) >= 11 is 0. The summed E-state index contributed by atoms with van der Waals surface area (Å²) < 4.78 is 10.7. The molecule has 0 aromatic heterocycles. The minimum Gasteiger partial charge on any atom is -0.462 e. The molecule has 4 nitrogen and oxygen atoms in total. The lowest BCUT2D eigenvalue weighted by Crippen LogP contribution is -2.10. The minimum absolute atomic E-state index is 0.326. The summed E-state index contributed by atoms with van der Waals surface area (Å²) in [6.45, 7) is 10.9. The van der Waals surface area contributed by atoms with Gasteiger partial charge in [0.2, 0.25) is 0 Å². The number of nitrogens with zero attached hydrogens (tertiary/aromatic N) is 1. The fourth-order valence-electron chi connectivity index (χ4n) is 4.49. The number of aryl methyl sites for hydroxylation is 1. The maximum absolute atomic E-state index is 11.4. The largest absolute Gasteiger partial charge is 0.462 e. The summed E-state index contributed by atoms with van der Waals surface area (Å²) in [5.74, 6) is -0.400. The van der Waals surface area contributed by atoms with Crippen molar-refractivity contribution in [1.29, 1.82) is 0 Å². The number of carbonyl (C=O) groups is 1. The van der Waals surface area contributed by atoms with Crippen molar-refractivity contribution in [3.63, 3.8) is 0 Å². The van der Waals surface area contributed by atoms with E-state index in [1.165, 1.54) is 28.3 Å². The maximum Gasteiger partial charge on any atom is 0.330 e. The van der Waals surface area contributed by atoms with E-state index in [1.807, 2.05) is 0 Å². The van der Waals surface area contributed by atoms with Crippen molar-refractivity contribution in [3.05, 3.63) is 139 Å². The summed E-state index contributed by atoms with van der Waals surface area (Å²) in [6, 6.07) is 34.5. The van der Waals surface area contributed by atoms with E-state index in [0.29, 0.717) is 26.2 Å². The monoisotopic (exact) mass is 531 g/mol. The first-order chi connectivity index (χ1) is 19.6. The van der Waals surface area contributed by atoms with Gasteiger partial charge >= 0.3 is 5.97 Å². The average molecular weight is 532 g/mol. The minimum atomic E-state index is -0.400. The lowest BCUT2D eigenvalue weighted by Gasteiger charge is -2.26. The topological polar surface area (TPSA) is 38.8 Å². The van der Waals surface area contributed by atoms with Crippen LogP contribution in [0.25, 0.3) is 11.1 Å². The molecule has 0 heterocycles. The van der Waals surface area contributed by atoms with Crippen molar-refractivity contribution < 1.29 is 14.3 Å². The van der Waals surface area contributed by atoms with Crippen LogP contribution in [-0.4, -0.2) is 25.8 Å². The second-order valence-corrected chi connectivity index (χ2v) is 9.50. The van der Waals surface area contributed by atoms with E-state index in [1.54, 1.807) is 6.08 Å². The number of rotatable bonds is 14. The van der Waals surface area contributed by atoms with E-state index in [9.17, 15) is 4.79 Å². The van der Waals surface area contributed by atoms with Crippen LogP contribution in [0.3, 0.4) is 0 Å². The van der Waals surface area contributed by atoms with Gasteiger partial charge in [0, 0.05) is 29.6 Å². The second kappa shape index (κ2) is 14.7. The zero-order chi connectivity index (χ0) is 28.2. The number of ether oxygens (including phenoxy) is 2. The summed E-state index contributed by atoms with van der Waals surface area (Å²) in [5, 5.41) is 0. The molecule has 204 valence electrons. The predicted octanol–water partition coefficient (Wildman–Crippen LogP) is 8.40. The van der Waals surface area contributed by atoms with E-state index in [-0.39, 0.29) is 0 Å². The molecule has 0 aliphatic heterocycles. The summed E-state index contributed by atoms with van der Waals surface area (Å²) in [7, 11) is 0. The van der Waals surface area contributed by atoms with Crippen molar-refractivity contribution >= 4 is 23.0 Å². The Kier molecular flexibility index (Phi) is 10.5. The van der Waals surface area contributed by atoms with Crippen LogP contribution in [0, 0.1) is 0 Å². The van der Waals surface area contributed by atoms with Gasteiger partial charge in [0.25, 0.3) is 0 Å². The highest BCUT2D eigenvalue weighted by Gasteiger charge is 2.13. The predicted molar refractivity (Wildman–Crippen MR) is 166 cm³/mol. The molecule has 0 unspecified atom stereocenters. The van der Waals surface area contributed by atoms with Crippen LogP contribution < -0.4 is 4.90 Å². The van der Waals surface area contributed by atoms with Crippen LogP contribution in [0.1, 0.15) is 23.6 Å². The molecule has 0 aliphatic rings. The fraction of sp³-hybridized carbons (Fsp3) is 0.194. The molecule has 4 rings (SSSR count). The first-order valence-corrected chi connectivity index (χ1v) is 13.8. The van der Waals surface area contributed by atoms with Gasteiger partial charge in [-0.15, -0.1) is 6.58 Å². The van der Waals surface area contributed by atoms with Crippen molar-refractivity contribution in [2.75, 3.05) is 24.7 Å². The Balaban J connectivity index is 1.58. The Morgan fingerprint density at radius 1 is 0.675 bits per heavy atom. The summed E-state index contributed by atoms with van der Waals surface area (Å²) in [5.41, 5.74) is 9.25. The van der Waals surface area contributed by atoms with Gasteiger partial charge in [0.15, 0.2) is 0 Å². The van der Waals surface area contributed by atoms with Crippen molar-refractivity contribution in [2.24, 2.45) is 0 Å². The molecule has 4 aromatic carbocycles. The van der Waals surface area contributed by atoms with E-state index in [2.05, 4.69) is 122 Å². The zero-order valence-electron chi connectivity index (χ0n) is 23.2. The molecule has 0 saturated carbocycles. The van der Waals surface area contributed by atoms with Gasteiger partial charge in [0.05, 0.1) is 19.8 Å². The number of esters is 1. The van der Waals surface area contributed by atoms with Crippen LogP contribution in [0.15, 0.2) is 122 Å². The molecule has 0 N–H and O–H groups in total. The van der Waals surface area contributed by atoms with Gasteiger partial charge in [-0.05, 0) is 77.1 Å². The molecule has 0 fully saturated rings. The molecule has 0 atom stereocenters. The zero-order valence-corrected chi connectivity index (χ0v) is 23.2. The Bertz CT molecular complexity index is 1370. The highest BCUT2D eigenvalue weighted by molar-refractivity contribution is 5.81. The number of anilines is 3. The Hall–Kier alpha value is -4.41. The molecule has 0 saturated heterocycles. The highest BCUT2D eigenvalue weighted by Crippen LogP contribution is 2.36. The summed E-state index contributed by atoms with van der Waals surface area (Å²) in [4.78, 5) is 13.6. The van der Waals surface area contributed by atoms with Gasteiger partial charge in [-0.2, -0.15) is 0 Å². The summed E-state index contributed by atoms with van der Waals surface area (Å²) in [6.07, 6.45) is 5.49. The van der Waals surface area contributed by atoms with Crippen molar-refractivity contribution in [3.8, 4) is 11.1 Å². The van der Waals surface area contributed by atoms with Gasteiger partial charge in [0.1, 0.15) is 0 Å². The van der Waals surface area contributed by atoms with E-state index in [4.69, 9.17) is 9.47 Å². The van der Waals surface area contributed by atoms with Crippen LogP contribution in [-0.2, 0) is 33.5 Å². The van der Waals surface area contributed by atoms with Gasteiger partial charge in [-0.3, -0.25) is 0 Å². The number of hydrogen-bond acceptors (Lipinski definition) is 4. The fourth-order valence-corrected chi connectivity index (χ4v) is 4.49. The second-order valence-electron chi connectivity index (χ2n) is 9.50. The van der Waals surface area contributed by atoms with Gasteiger partial charge in [-0.25, -0.2) is 4.79 Å². The maximum atomic E-state index is 11.4. The number of hydrogen-bond donors (Lipinski definition) is 0. The Labute approximate surface area is 238 Å². The molecule has 0 amide bonds. The Morgan fingerprint density at radius 2 is 1.12 bits per heavy atom. The standard InChI is InChI=1S/C36H37NO3/c1-4-25-39-26-23-29-9-17-33(18-10-29)37(34-19-11-30(12-20-34)24-27-40-36(38)6-3)35-21-15-32(16-22-35)31-13-7-28(5-2)8-14-31/h4,6-22H,1,3,5,23-27H2,2H3. The van der Waals surface area contributed by atoms with E-state index < -0.39 is 5.97 Å². The quantitative estimate of drug-likeness (QED) is 0.0709. The van der Waals surface area contributed by atoms with Crippen LogP contribution in [0.2, 0.25) is 0 Å². The lowest BCUT2D eigenvalue weighted by molar-refractivity contribution is -0.137. The van der Waals surface area contributed by atoms with E-state index >= 15 is 0 Å². The average Bonchev–Trinajstić information content (AvgIpc) is 3.01. The third-order valence-electron chi connectivity index (χ3n) is 6.78. The van der Waals surface area contributed by atoms with Crippen LogP contribution in [0.5, 0.6) is 0 Å². The first kappa shape index (κ1) is 28.6. The molecule has 0 radical (unpaired) electrons. The molecule has 0 aliphatic carbocycles. The smallest absolute Gasteiger partial charge is 0.330 e. The SMILES string of the molecule is C=CCOCCc1ccc(N(c2ccc(CCOC(=O)C=C)cc2)c2ccc(-c3ccc(CC)cc3)cc2)cc1. The Morgan fingerprint density at radius 3 is 1.60 bits per heavy atom. The number of benzene rings is 4. The normalized spacial score (nSPS) is 10.6. The molecule has 4 heteroatoms. The van der Waals surface area contributed by atoms with Crippen LogP contribution in [0.4, 0.5) is 17.1 Å². The lowest BCUT2D eigenvalue weighted by atomic mass is 10.0. The van der Waals surface area contributed by atoms with Crippen molar-refractivity contribution in [1.82, 2.24) is 0 Å². The highest BCUT2D eigenvalue weighted by atomic mass is 16.5. The molecular formula is C36H37NO3. The van der Waals surface area contributed by atoms with E-state index in [0.717, 1.165) is 35.5 Å². The third-order valence-corrected chi connectivity index (χ3v) is 6.78. The number of carbonyl (C=O) groups excluding carboxylic acids is 1. The molecule has 40 heavy (non-hydrogen) atoms. The molecule has 0 spiro atoms. The van der Waals surface area contributed by atoms with Gasteiger partial charge in [-0.1, -0.05) is 80.2 Å². The van der Waals surface area contributed by atoms with Gasteiger partial charge < -0.3 is 14.4 Å². The third kappa shape index (κ3) is 7.81. The first-order valence-electron chi connectivity index (χ1n) is 13.8. The molecule has 4 aromatic rings. The van der Waals surface area contributed by atoms with Crippen LogP contribution >= 0.6 is 0 Å².